The van der Waals surface area contributed by atoms with Gasteiger partial charge >= 0.3 is 0 Å². The van der Waals surface area contributed by atoms with Crippen molar-refractivity contribution in [1.82, 2.24) is 10.6 Å². The number of nitrogens with one attached hydrogen (secondary N) is 2. The van der Waals surface area contributed by atoms with Crippen LogP contribution in [-0.2, 0) is 10.2 Å². The molecular weight excluding hydrogens is 521 g/mol. The normalized spacial score (nSPS) is 19.1. The van der Waals surface area contributed by atoms with Crippen LogP contribution < -0.4 is 10.6 Å². The fourth-order valence-electron chi connectivity index (χ4n) is 3.06. The minimum atomic E-state index is -0.518. The lowest BCUT2D eigenvalue weighted by Gasteiger charge is -2.18. The predicted molar refractivity (Wildman–Crippen MR) is 124 cm³/mol. The Labute approximate surface area is 187 Å². The molecule has 2 aliphatic rings. The van der Waals surface area contributed by atoms with Crippen LogP contribution in [0.15, 0.2) is 33.7 Å². The number of ether oxygens (including phenoxy) is 1. The van der Waals surface area contributed by atoms with E-state index >= 15 is 0 Å². The first kappa shape index (κ1) is 22.9. The number of aliphatic hydroxyl groups is 1. The van der Waals surface area contributed by atoms with E-state index in [1.54, 1.807) is 0 Å². The highest BCUT2D eigenvalue weighted by Gasteiger charge is 2.45. The Morgan fingerprint density at radius 2 is 2.07 bits per heavy atom. The van der Waals surface area contributed by atoms with Gasteiger partial charge in [0.1, 0.15) is 0 Å². The third kappa shape index (κ3) is 7.18. The fourth-order valence-corrected chi connectivity index (χ4v) is 3.76. The van der Waals surface area contributed by atoms with Gasteiger partial charge in [-0.2, -0.15) is 0 Å². The van der Waals surface area contributed by atoms with Crippen LogP contribution >= 0.6 is 39.9 Å². The summed E-state index contributed by atoms with van der Waals surface area (Å²) in [7, 11) is 0. The second kappa shape index (κ2) is 11.0. The number of benzene rings is 1. The molecule has 0 radical (unpaired) electrons. The van der Waals surface area contributed by atoms with Crippen molar-refractivity contribution in [2.24, 2.45) is 10.9 Å². The lowest BCUT2D eigenvalue weighted by molar-refractivity contribution is 0.0345. The third-order valence-electron chi connectivity index (χ3n) is 5.05. The van der Waals surface area contributed by atoms with E-state index in [-0.39, 0.29) is 29.4 Å². The van der Waals surface area contributed by atoms with E-state index in [0.29, 0.717) is 13.2 Å². The summed E-state index contributed by atoms with van der Waals surface area (Å²) in [6.45, 7) is 5.19. The van der Waals surface area contributed by atoms with Gasteiger partial charge in [-0.05, 0) is 50.2 Å². The zero-order valence-electron chi connectivity index (χ0n) is 15.9. The summed E-state index contributed by atoms with van der Waals surface area (Å²) in [5.74, 6) is 1.48. The second-order valence-electron chi connectivity index (χ2n) is 7.47. The molecule has 3 N–H and O–H groups in total. The standard InChI is InChI=1S/C20H30BrN3O2.HI/c1-2-22-19(23-11-16(25)13-26-12-15-7-8-15)24-14-20(9-10-20)17-5-3-4-6-18(17)21;/h3-6,15-16,25H,2,7-14H2,1H3,(H2,22,23,24);1H. The predicted octanol–water partition coefficient (Wildman–Crippen LogP) is 3.44. The number of rotatable bonds is 10. The number of nitrogens with zero attached hydrogens (tertiary/aromatic N) is 1. The smallest absolute Gasteiger partial charge is 0.191 e. The van der Waals surface area contributed by atoms with Gasteiger partial charge in [0.2, 0.25) is 0 Å². The Balaban J connectivity index is 0.00000261. The molecule has 0 aromatic heterocycles. The number of halogens is 2. The maximum absolute atomic E-state index is 10.1. The molecule has 0 bridgehead atoms. The molecule has 2 aliphatic carbocycles. The van der Waals surface area contributed by atoms with Gasteiger partial charge < -0.3 is 20.5 Å². The number of aliphatic hydroxyl groups excluding tert-OH is 1. The fraction of sp³-hybridized carbons (Fsp3) is 0.650. The lowest BCUT2D eigenvalue weighted by Crippen LogP contribution is -2.42. The van der Waals surface area contributed by atoms with Crippen molar-refractivity contribution >= 4 is 45.9 Å². The summed E-state index contributed by atoms with van der Waals surface area (Å²) < 4.78 is 6.71. The molecule has 0 saturated heterocycles. The molecule has 0 amide bonds. The molecule has 1 aromatic carbocycles. The number of hydrogen-bond donors (Lipinski definition) is 3. The number of guanidine groups is 1. The quantitative estimate of drug-likeness (QED) is 0.237. The molecule has 3 rings (SSSR count). The molecule has 0 aliphatic heterocycles. The zero-order chi connectivity index (χ0) is 18.4. The Hall–Kier alpha value is -0.380. The third-order valence-corrected chi connectivity index (χ3v) is 5.74. The van der Waals surface area contributed by atoms with E-state index in [9.17, 15) is 5.11 Å². The molecule has 5 nitrogen and oxygen atoms in total. The van der Waals surface area contributed by atoms with E-state index in [0.717, 1.165) is 48.9 Å². The van der Waals surface area contributed by atoms with Crippen molar-refractivity contribution in [1.29, 1.82) is 0 Å². The second-order valence-corrected chi connectivity index (χ2v) is 8.33. The van der Waals surface area contributed by atoms with Crippen molar-refractivity contribution in [3.63, 3.8) is 0 Å². The first-order chi connectivity index (χ1) is 12.6. The molecule has 27 heavy (non-hydrogen) atoms. The van der Waals surface area contributed by atoms with Crippen LogP contribution in [0.5, 0.6) is 0 Å². The largest absolute Gasteiger partial charge is 0.389 e. The molecule has 2 fully saturated rings. The molecule has 1 atom stereocenters. The lowest BCUT2D eigenvalue weighted by atomic mass is 9.96. The van der Waals surface area contributed by atoms with Crippen LogP contribution in [0.25, 0.3) is 0 Å². The molecular formula is C20H31BrIN3O2. The van der Waals surface area contributed by atoms with Crippen LogP contribution in [0.1, 0.15) is 38.2 Å². The highest BCUT2D eigenvalue weighted by molar-refractivity contribution is 14.0. The summed E-state index contributed by atoms with van der Waals surface area (Å²) in [6, 6.07) is 8.42. The molecule has 152 valence electrons. The van der Waals surface area contributed by atoms with Gasteiger partial charge in [-0.25, -0.2) is 0 Å². The average molecular weight is 552 g/mol. The van der Waals surface area contributed by atoms with Crippen molar-refractivity contribution < 1.29 is 9.84 Å². The first-order valence-electron chi connectivity index (χ1n) is 9.66. The average Bonchev–Trinajstić information content (AvgIpc) is 3.54. The Bertz CT molecular complexity index is 621. The maximum atomic E-state index is 10.1. The minimum Gasteiger partial charge on any atom is -0.389 e. The van der Waals surface area contributed by atoms with E-state index in [1.807, 2.05) is 13.0 Å². The van der Waals surface area contributed by atoms with Crippen LogP contribution in [-0.4, -0.2) is 50.0 Å². The molecule has 2 saturated carbocycles. The summed E-state index contributed by atoms with van der Waals surface area (Å²) in [5, 5.41) is 16.6. The highest BCUT2D eigenvalue weighted by atomic mass is 127. The summed E-state index contributed by atoms with van der Waals surface area (Å²) in [4.78, 5) is 4.78. The first-order valence-corrected chi connectivity index (χ1v) is 10.5. The molecule has 0 spiro atoms. The topological polar surface area (TPSA) is 65.9 Å². The SMILES string of the molecule is CCNC(=NCC1(c2ccccc2Br)CC1)NCC(O)COCC1CC1.I. The van der Waals surface area contributed by atoms with Gasteiger partial charge in [0, 0.05) is 29.6 Å². The van der Waals surface area contributed by atoms with Crippen LogP contribution in [0.4, 0.5) is 0 Å². The molecule has 1 unspecified atom stereocenters. The summed E-state index contributed by atoms with van der Waals surface area (Å²) in [6.07, 6.45) is 4.35. The van der Waals surface area contributed by atoms with E-state index < -0.39 is 6.10 Å². The number of aliphatic imine (C=N–C) groups is 1. The van der Waals surface area contributed by atoms with Crippen LogP contribution in [0, 0.1) is 5.92 Å². The molecule has 1 aromatic rings. The van der Waals surface area contributed by atoms with Crippen molar-refractivity contribution in [2.45, 2.75) is 44.1 Å². The van der Waals surface area contributed by atoms with Crippen molar-refractivity contribution in [2.75, 3.05) is 32.8 Å². The number of hydrogen-bond acceptors (Lipinski definition) is 3. The summed E-state index contributed by atoms with van der Waals surface area (Å²) in [5.41, 5.74) is 1.49. The van der Waals surface area contributed by atoms with E-state index in [2.05, 4.69) is 44.8 Å². The van der Waals surface area contributed by atoms with Gasteiger partial charge in [0.15, 0.2) is 5.96 Å². The maximum Gasteiger partial charge on any atom is 0.191 e. The zero-order valence-corrected chi connectivity index (χ0v) is 19.8. The van der Waals surface area contributed by atoms with Crippen LogP contribution in [0.3, 0.4) is 0 Å². The van der Waals surface area contributed by atoms with Crippen molar-refractivity contribution in [3.8, 4) is 0 Å². The van der Waals surface area contributed by atoms with Crippen LogP contribution in [0.2, 0.25) is 0 Å². The van der Waals surface area contributed by atoms with Gasteiger partial charge in [0.25, 0.3) is 0 Å². The Morgan fingerprint density at radius 3 is 2.70 bits per heavy atom. The summed E-state index contributed by atoms with van der Waals surface area (Å²) >= 11 is 3.67. The van der Waals surface area contributed by atoms with Gasteiger partial charge in [-0.15, -0.1) is 24.0 Å². The van der Waals surface area contributed by atoms with Gasteiger partial charge in [-0.1, -0.05) is 34.1 Å². The van der Waals surface area contributed by atoms with Crippen molar-refractivity contribution in [3.05, 3.63) is 34.3 Å². The highest BCUT2D eigenvalue weighted by Crippen LogP contribution is 2.50. The van der Waals surface area contributed by atoms with Gasteiger partial charge in [-0.3, -0.25) is 4.99 Å². The van der Waals surface area contributed by atoms with Gasteiger partial charge in [0.05, 0.1) is 19.3 Å². The molecule has 7 heteroatoms. The van der Waals surface area contributed by atoms with E-state index in [1.165, 1.54) is 18.4 Å². The monoisotopic (exact) mass is 551 g/mol. The Morgan fingerprint density at radius 1 is 1.33 bits per heavy atom. The molecule has 0 heterocycles. The minimum absolute atomic E-state index is 0. The van der Waals surface area contributed by atoms with E-state index in [4.69, 9.17) is 9.73 Å². The Kier molecular flexibility index (Phi) is 9.31.